The van der Waals surface area contributed by atoms with Gasteiger partial charge in [-0.3, -0.25) is 4.79 Å². The molecule has 1 aliphatic rings. The van der Waals surface area contributed by atoms with E-state index < -0.39 is 5.82 Å². The van der Waals surface area contributed by atoms with Crippen molar-refractivity contribution in [2.45, 2.75) is 31.7 Å². The van der Waals surface area contributed by atoms with Crippen LogP contribution in [0.1, 0.15) is 36.2 Å². The van der Waals surface area contributed by atoms with Crippen molar-refractivity contribution in [3.63, 3.8) is 0 Å². The average Bonchev–Trinajstić information content (AvgIpc) is 3.04. The van der Waals surface area contributed by atoms with Crippen LogP contribution in [0.2, 0.25) is 5.02 Å². The molecule has 1 aromatic carbocycles. The highest BCUT2D eigenvalue weighted by Crippen LogP contribution is 2.22. The van der Waals surface area contributed by atoms with Gasteiger partial charge in [-0.1, -0.05) is 24.4 Å². The van der Waals surface area contributed by atoms with Gasteiger partial charge in [0.2, 0.25) is 0 Å². The lowest BCUT2D eigenvalue weighted by Crippen LogP contribution is -2.33. The molecule has 0 aliphatic heterocycles. The van der Waals surface area contributed by atoms with E-state index in [0.29, 0.717) is 17.2 Å². The predicted molar refractivity (Wildman–Crippen MR) is 86.4 cm³/mol. The summed E-state index contributed by atoms with van der Waals surface area (Å²) in [5.74, 6) is -0.254. The molecule has 1 fully saturated rings. The number of halogens is 2. The molecule has 5 nitrogen and oxygen atoms in total. The summed E-state index contributed by atoms with van der Waals surface area (Å²) in [4.78, 5) is 20.3. The Balaban J connectivity index is 1.71. The van der Waals surface area contributed by atoms with Gasteiger partial charge in [0.05, 0.1) is 5.02 Å². The molecule has 7 heteroatoms. The molecule has 1 heterocycles. The predicted octanol–water partition coefficient (Wildman–Crippen LogP) is 3.69. The number of hydrogen-bond acceptors (Lipinski definition) is 4. The first-order chi connectivity index (χ1) is 11.1. The number of aromatic nitrogens is 2. The van der Waals surface area contributed by atoms with E-state index in [2.05, 4.69) is 20.6 Å². The molecule has 120 valence electrons. The van der Waals surface area contributed by atoms with E-state index in [1.165, 1.54) is 18.5 Å². The van der Waals surface area contributed by atoms with Crippen LogP contribution in [0.5, 0.6) is 0 Å². The van der Waals surface area contributed by atoms with Gasteiger partial charge in [0, 0.05) is 17.8 Å². The normalized spacial score (nSPS) is 14.7. The van der Waals surface area contributed by atoms with Crippen LogP contribution < -0.4 is 10.6 Å². The fourth-order valence-corrected chi connectivity index (χ4v) is 2.78. The highest BCUT2D eigenvalue weighted by Gasteiger charge is 2.19. The van der Waals surface area contributed by atoms with E-state index in [-0.39, 0.29) is 17.0 Å². The lowest BCUT2D eigenvalue weighted by atomic mass is 10.2. The van der Waals surface area contributed by atoms with E-state index in [4.69, 9.17) is 11.6 Å². The zero-order valence-corrected chi connectivity index (χ0v) is 13.1. The molecular formula is C16H16ClFN4O. The van der Waals surface area contributed by atoms with Crippen molar-refractivity contribution >= 4 is 29.0 Å². The van der Waals surface area contributed by atoms with Gasteiger partial charge in [-0.05, 0) is 31.0 Å². The Bertz CT molecular complexity index is 719. The third kappa shape index (κ3) is 3.96. The Hall–Kier alpha value is -2.21. The molecule has 23 heavy (non-hydrogen) atoms. The molecule has 1 amide bonds. The number of carbonyl (C=O) groups is 1. The number of benzene rings is 1. The van der Waals surface area contributed by atoms with Crippen LogP contribution in [-0.4, -0.2) is 21.9 Å². The number of amides is 1. The topological polar surface area (TPSA) is 66.9 Å². The van der Waals surface area contributed by atoms with Crippen LogP contribution in [0.25, 0.3) is 0 Å². The number of anilines is 2. The Kier molecular flexibility index (Phi) is 4.71. The molecule has 2 aromatic rings. The minimum atomic E-state index is -0.489. The van der Waals surface area contributed by atoms with Crippen molar-refractivity contribution < 1.29 is 9.18 Å². The molecule has 0 spiro atoms. The summed E-state index contributed by atoms with van der Waals surface area (Å²) in [7, 11) is 0. The van der Waals surface area contributed by atoms with Crippen molar-refractivity contribution in [3.05, 3.63) is 47.1 Å². The standard InChI is InChI=1S/C16H16ClFN4O/c17-12-7-11(5-6-13(12)18)21-15-8-14(19-9-20-15)16(23)22-10-3-1-2-4-10/h5-10H,1-4H2,(H,22,23)(H,19,20,21). The Morgan fingerprint density at radius 3 is 2.74 bits per heavy atom. The summed E-state index contributed by atoms with van der Waals surface area (Å²) in [6.45, 7) is 0. The number of hydrogen-bond donors (Lipinski definition) is 2. The lowest BCUT2D eigenvalue weighted by Gasteiger charge is -2.12. The first kappa shape index (κ1) is 15.7. The fourth-order valence-electron chi connectivity index (χ4n) is 2.60. The Labute approximate surface area is 138 Å². The van der Waals surface area contributed by atoms with Crippen molar-refractivity contribution in [1.82, 2.24) is 15.3 Å². The van der Waals surface area contributed by atoms with E-state index >= 15 is 0 Å². The summed E-state index contributed by atoms with van der Waals surface area (Å²) in [5.41, 5.74) is 0.875. The van der Waals surface area contributed by atoms with Crippen LogP contribution in [0, 0.1) is 5.82 Å². The highest BCUT2D eigenvalue weighted by molar-refractivity contribution is 6.31. The van der Waals surface area contributed by atoms with Crippen LogP contribution in [0.15, 0.2) is 30.6 Å². The Morgan fingerprint density at radius 1 is 1.22 bits per heavy atom. The number of nitrogens with zero attached hydrogens (tertiary/aromatic N) is 2. The second kappa shape index (κ2) is 6.91. The highest BCUT2D eigenvalue weighted by atomic mass is 35.5. The van der Waals surface area contributed by atoms with Gasteiger partial charge in [0.1, 0.15) is 23.7 Å². The molecule has 2 N–H and O–H groups in total. The van der Waals surface area contributed by atoms with Gasteiger partial charge < -0.3 is 10.6 Å². The summed E-state index contributed by atoms with van der Waals surface area (Å²) < 4.78 is 13.2. The largest absolute Gasteiger partial charge is 0.348 e. The molecule has 0 atom stereocenters. The molecule has 0 radical (unpaired) electrons. The van der Waals surface area contributed by atoms with E-state index in [9.17, 15) is 9.18 Å². The molecule has 0 saturated heterocycles. The van der Waals surface area contributed by atoms with Crippen molar-refractivity contribution in [1.29, 1.82) is 0 Å². The van der Waals surface area contributed by atoms with Gasteiger partial charge in [0.15, 0.2) is 0 Å². The van der Waals surface area contributed by atoms with Crippen LogP contribution in [-0.2, 0) is 0 Å². The van der Waals surface area contributed by atoms with Crippen molar-refractivity contribution in [2.75, 3.05) is 5.32 Å². The quantitative estimate of drug-likeness (QED) is 0.895. The number of rotatable bonds is 4. The first-order valence-corrected chi connectivity index (χ1v) is 7.84. The Morgan fingerprint density at radius 2 is 2.00 bits per heavy atom. The van der Waals surface area contributed by atoms with Gasteiger partial charge in [-0.2, -0.15) is 0 Å². The van der Waals surface area contributed by atoms with Crippen LogP contribution in [0.3, 0.4) is 0 Å². The third-order valence-electron chi connectivity index (χ3n) is 3.78. The van der Waals surface area contributed by atoms with Crippen molar-refractivity contribution in [2.24, 2.45) is 0 Å². The van der Waals surface area contributed by atoms with E-state index in [0.717, 1.165) is 25.7 Å². The molecule has 1 saturated carbocycles. The summed E-state index contributed by atoms with van der Waals surface area (Å²) >= 11 is 5.75. The molecule has 0 bridgehead atoms. The van der Waals surface area contributed by atoms with Crippen molar-refractivity contribution in [3.8, 4) is 0 Å². The monoisotopic (exact) mass is 334 g/mol. The maximum atomic E-state index is 13.2. The minimum absolute atomic E-state index is 0.0169. The second-order valence-electron chi connectivity index (χ2n) is 5.50. The zero-order valence-electron chi connectivity index (χ0n) is 12.4. The fraction of sp³-hybridized carbons (Fsp3) is 0.312. The average molecular weight is 335 g/mol. The lowest BCUT2D eigenvalue weighted by molar-refractivity contribution is 0.0932. The minimum Gasteiger partial charge on any atom is -0.348 e. The second-order valence-corrected chi connectivity index (χ2v) is 5.90. The van der Waals surface area contributed by atoms with Gasteiger partial charge in [-0.15, -0.1) is 0 Å². The van der Waals surface area contributed by atoms with Gasteiger partial charge in [0.25, 0.3) is 5.91 Å². The molecular weight excluding hydrogens is 319 g/mol. The maximum Gasteiger partial charge on any atom is 0.270 e. The summed E-state index contributed by atoms with van der Waals surface area (Å²) in [6.07, 6.45) is 5.63. The summed E-state index contributed by atoms with van der Waals surface area (Å²) in [5, 5.41) is 5.97. The van der Waals surface area contributed by atoms with Gasteiger partial charge >= 0.3 is 0 Å². The molecule has 3 rings (SSSR count). The SMILES string of the molecule is O=C(NC1CCCC1)c1cc(Nc2ccc(F)c(Cl)c2)ncn1. The summed E-state index contributed by atoms with van der Waals surface area (Å²) in [6, 6.07) is 6.05. The van der Waals surface area contributed by atoms with Crippen LogP contribution in [0.4, 0.5) is 15.9 Å². The molecule has 0 unspecified atom stereocenters. The first-order valence-electron chi connectivity index (χ1n) is 7.47. The van der Waals surface area contributed by atoms with Crippen LogP contribution >= 0.6 is 11.6 Å². The van der Waals surface area contributed by atoms with E-state index in [1.807, 2.05) is 0 Å². The molecule has 1 aromatic heterocycles. The smallest absolute Gasteiger partial charge is 0.270 e. The van der Waals surface area contributed by atoms with E-state index in [1.54, 1.807) is 12.1 Å². The zero-order chi connectivity index (χ0) is 16.2. The number of carbonyl (C=O) groups excluding carboxylic acids is 1. The molecule has 1 aliphatic carbocycles. The third-order valence-corrected chi connectivity index (χ3v) is 4.07. The number of nitrogens with one attached hydrogen (secondary N) is 2. The maximum absolute atomic E-state index is 13.2. The van der Waals surface area contributed by atoms with Gasteiger partial charge in [-0.25, -0.2) is 14.4 Å².